The van der Waals surface area contributed by atoms with E-state index in [1.807, 2.05) is 4.68 Å². The van der Waals surface area contributed by atoms with Crippen molar-refractivity contribution in [2.75, 3.05) is 13.7 Å². The van der Waals surface area contributed by atoms with E-state index in [0.29, 0.717) is 13.2 Å². The summed E-state index contributed by atoms with van der Waals surface area (Å²) in [6.45, 7) is 3.40. The minimum atomic E-state index is -0.162. The van der Waals surface area contributed by atoms with E-state index >= 15 is 0 Å². The lowest BCUT2D eigenvalue weighted by Gasteiger charge is -2.15. The van der Waals surface area contributed by atoms with Crippen LogP contribution in [-0.4, -0.2) is 23.5 Å². The third-order valence-corrected chi connectivity index (χ3v) is 4.36. The van der Waals surface area contributed by atoms with Crippen LogP contribution < -0.4 is 5.73 Å². The molecule has 0 bridgehead atoms. The summed E-state index contributed by atoms with van der Waals surface area (Å²) in [5.41, 5.74) is 9.72. The Hall–Kier alpha value is -0.690. The third kappa shape index (κ3) is 2.66. The second kappa shape index (κ2) is 5.97. The molecule has 0 saturated carbocycles. The molecule has 0 aromatic carbocycles. The van der Waals surface area contributed by atoms with E-state index in [-0.39, 0.29) is 6.04 Å². The van der Waals surface area contributed by atoms with Gasteiger partial charge in [0.15, 0.2) is 0 Å². The lowest BCUT2D eigenvalue weighted by molar-refractivity contribution is 0.182. The zero-order chi connectivity index (χ0) is 13.1. The van der Waals surface area contributed by atoms with Gasteiger partial charge in [0.05, 0.1) is 35.6 Å². The number of halogens is 1. The molecule has 18 heavy (non-hydrogen) atoms. The van der Waals surface area contributed by atoms with Gasteiger partial charge in [-0.25, -0.2) is 0 Å². The van der Waals surface area contributed by atoms with Gasteiger partial charge in [-0.3, -0.25) is 4.68 Å². The van der Waals surface area contributed by atoms with Crippen molar-refractivity contribution < 1.29 is 4.74 Å². The maximum absolute atomic E-state index is 6.35. The van der Waals surface area contributed by atoms with Gasteiger partial charge in [-0.2, -0.15) is 16.4 Å². The molecule has 0 fully saturated rings. The lowest BCUT2D eigenvalue weighted by Crippen LogP contribution is -2.19. The molecule has 0 radical (unpaired) electrons. The third-order valence-electron chi connectivity index (χ3n) is 2.87. The van der Waals surface area contributed by atoms with Crippen LogP contribution in [0, 0.1) is 6.92 Å². The number of hydrogen-bond donors (Lipinski definition) is 1. The van der Waals surface area contributed by atoms with Gasteiger partial charge in [0.2, 0.25) is 0 Å². The van der Waals surface area contributed by atoms with Crippen LogP contribution in [0.4, 0.5) is 0 Å². The second-order valence-electron chi connectivity index (χ2n) is 4.08. The molecule has 2 heterocycles. The summed E-state index contributed by atoms with van der Waals surface area (Å²) in [6, 6.07) is -0.162. The van der Waals surface area contributed by atoms with E-state index in [1.165, 1.54) is 5.56 Å². The molecule has 0 spiro atoms. The van der Waals surface area contributed by atoms with E-state index in [1.54, 1.807) is 24.6 Å². The normalized spacial score (nSPS) is 12.9. The molecular formula is C12H16BrN3OS. The number of nitrogens with two attached hydrogens (primary N) is 1. The van der Waals surface area contributed by atoms with Gasteiger partial charge in [0.25, 0.3) is 0 Å². The topological polar surface area (TPSA) is 53.1 Å². The molecule has 1 unspecified atom stereocenters. The molecule has 98 valence electrons. The average molecular weight is 330 g/mol. The molecule has 0 saturated heterocycles. The first-order valence-corrected chi connectivity index (χ1v) is 7.37. The van der Waals surface area contributed by atoms with Gasteiger partial charge in [0, 0.05) is 7.11 Å². The first kappa shape index (κ1) is 13.7. The summed E-state index contributed by atoms with van der Waals surface area (Å²) in [6.07, 6.45) is 1.78. The Balaban J connectivity index is 2.32. The van der Waals surface area contributed by atoms with E-state index in [0.717, 1.165) is 15.7 Å². The molecule has 4 nitrogen and oxygen atoms in total. The summed E-state index contributed by atoms with van der Waals surface area (Å²) in [4.78, 5) is 0. The van der Waals surface area contributed by atoms with Crippen LogP contribution >= 0.6 is 27.3 Å². The number of methoxy groups -OCH3 is 1. The van der Waals surface area contributed by atoms with Crippen molar-refractivity contribution in [2.24, 2.45) is 5.73 Å². The fourth-order valence-corrected chi connectivity index (χ4v) is 3.30. The molecular weight excluding hydrogens is 314 g/mol. The number of aromatic nitrogens is 2. The summed E-state index contributed by atoms with van der Waals surface area (Å²) in [5.74, 6) is 0. The minimum Gasteiger partial charge on any atom is -0.383 e. The van der Waals surface area contributed by atoms with Gasteiger partial charge in [0.1, 0.15) is 0 Å². The van der Waals surface area contributed by atoms with E-state index < -0.39 is 0 Å². The summed E-state index contributed by atoms with van der Waals surface area (Å²) in [7, 11) is 1.68. The van der Waals surface area contributed by atoms with Crippen molar-refractivity contribution in [3.63, 3.8) is 0 Å². The first-order valence-electron chi connectivity index (χ1n) is 5.63. The maximum atomic E-state index is 6.35. The minimum absolute atomic E-state index is 0.162. The van der Waals surface area contributed by atoms with Crippen LogP contribution in [0.2, 0.25) is 0 Å². The van der Waals surface area contributed by atoms with Crippen molar-refractivity contribution in [2.45, 2.75) is 19.5 Å². The highest BCUT2D eigenvalue weighted by atomic mass is 79.9. The Kier molecular flexibility index (Phi) is 4.55. The zero-order valence-electron chi connectivity index (χ0n) is 10.4. The maximum Gasteiger partial charge on any atom is 0.0745 e. The van der Waals surface area contributed by atoms with Crippen LogP contribution in [0.25, 0.3) is 0 Å². The fourth-order valence-electron chi connectivity index (χ4n) is 1.87. The van der Waals surface area contributed by atoms with Crippen LogP contribution in [0.15, 0.2) is 21.4 Å². The highest BCUT2D eigenvalue weighted by Crippen LogP contribution is 2.30. The predicted octanol–water partition coefficient (Wildman–Crippen LogP) is 2.71. The highest BCUT2D eigenvalue weighted by molar-refractivity contribution is 9.10. The fraction of sp³-hybridized carbons (Fsp3) is 0.417. The molecule has 0 amide bonds. The number of ether oxygens (including phenoxy) is 1. The number of rotatable bonds is 5. The standard InChI is InChI=1S/C12H16BrN3OS/c1-8-6-18-7-9(8)11(14)12-10(13)5-15-16(12)3-4-17-2/h5-7,11H,3-4,14H2,1-2H3. The largest absolute Gasteiger partial charge is 0.383 e. The SMILES string of the molecule is COCCn1ncc(Br)c1C(N)c1cscc1C. The predicted molar refractivity (Wildman–Crippen MR) is 76.9 cm³/mol. The molecule has 2 aromatic heterocycles. The zero-order valence-corrected chi connectivity index (χ0v) is 12.8. The van der Waals surface area contributed by atoms with Gasteiger partial charge in [-0.1, -0.05) is 0 Å². The van der Waals surface area contributed by atoms with Gasteiger partial charge in [-0.15, -0.1) is 0 Å². The van der Waals surface area contributed by atoms with Crippen molar-refractivity contribution in [3.05, 3.63) is 38.3 Å². The molecule has 6 heteroatoms. The molecule has 1 atom stereocenters. The molecule has 2 N–H and O–H groups in total. The van der Waals surface area contributed by atoms with Gasteiger partial charge in [-0.05, 0) is 44.7 Å². The van der Waals surface area contributed by atoms with Gasteiger partial charge >= 0.3 is 0 Å². The van der Waals surface area contributed by atoms with E-state index in [4.69, 9.17) is 10.5 Å². The average Bonchev–Trinajstić information content (AvgIpc) is 2.92. The molecule has 2 aromatic rings. The van der Waals surface area contributed by atoms with Crippen LogP contribution in [0.5, 0.6) is 0 Å². The lowest BCUT2D eigenvalue weighted by atomic mass is 10.0. The Morgan fingerprint density at radius 3 is 2.94 bits per heavy atom. The molecule has 2 rings (SSSR count). The molecule has 0 aliphatic heterocycles. The molecule has 0 aliphatic carbocycles. The Bertz CT molecular complexity index is 523. The summed E-state index contributed by atoms with van der Waals surface area (Å²) >= 11 is 5.19. The highest BCUT2D eigenvalue weighted by Gasteiger charge is 2.20. The van der Waals surface area contributed by atoms with Crippen LogP contribution in [0.1, 0.15) is 22.9 Å². The quantitative estimate of drug-likeness (QED) is 0.917. The van der Waals surface area contributed by atoms with Gasteiger partial charge < -0.3 is 10.5 Å². The number of thiophene rings is 1. The van der Waals surface area contributed by atoms with Crippen LogP contribution in [0.3, 0.4) is 0 Å². The molecule has 0 aliphatic rings. The van der Waals surface area contributed by atoms with E-state index in [9.17, 15) is 0 Å². The smallest absolute Gasteiger partial charge is 0.0745 e. The van der Waals surface area contributed by atoms with Crippen molar-refractivity contribution in [1.82, 2.24) is 9.78 Å². The summed E-state index contributed by atoms with van der Waals surface area (Å²) < 4.78 is 7.93. The van der Waals surface area contributed by atoms with Crippen molar-refractivity contribution in [1.29, 1.82) is 0 Å². The number of hydrogen-bond acceptors (Lipinski definition) is 4. The Morgan fingerprint density at radius 2 is 2.33 bits per heavy atom. The Labute approximate surface area is 119 Å². The first-order chi connectivity index (χ1) is 8.65. The van der Waals surface area contributed by atoms with E-state index in [2.05, 4.69) is 38.7 Å². The number of nitrogens with zero attached hydrogens (tertiary/aromatic N) is 2. The Morgan fingerprint density at radius 1 is 1.56 bits per heavy atom. The summed E-state index contributed by atoms with van der Waals surface area (Å²) in [5, 5.41) is 8.53. The van der Waals surface area contributed by atoms with Crippen molar-refractivity contribution in [3.8, 4) is 0 Å². The van der Waals surface area contributed by atoms with Crippen LogP contribution in [-0.2, 0) is 11.3 Å². The van der Waals surface area contributed by atoms with Crippen molar-refractivity contribution >= 4 is 27.3 Å². The monoisotopic (exact) mass is 329 g/mol. The number of aryl methyl sites for hydroxylation is 1. The second-order valence-corrected chi connectivity index (χ2v) is 5.68.